The number of fused-ring (bicyclic) bond motifs is 1. The van der Waals surface area contributed by atoms with E-state index in [-0.39, 0.29) is 4.88 Å². The van der Waals surface area contributed by atoms with Crippen molar-refractivity contribution in [3.05, 3.63) is 17.1 Å². The number of thiophene rings is 1. The molecule has 0 unspecified atom stereocenters. The van der Waals surface area contributed by atoms with E-state index in [1.54, 1.807) is 17.4 Å². The summed E-state index contributed by atoms with van der Waals surface area (Å²) in [7, 11) is 7.49. The topological polar surface area (TPSA) is 69.0 Å². The SMILES string of the molecule is CN(C)C=Nc1c(C(=O)O)sc2nccc(N(C)C)c12. The minimum absolute atomic E-state index is 0.208. The molecule has 0 aliphatic heterocycles. The summed E-state index contributed by atoms with van der Waals surface area (Å²) in [4.78, 5) is 24.6. The summed E-state index contributed by atoms with van der Waals surface area (Å²) in [6.45, 7) is 0. The molecule has 0 spiro atoms. The second-order valence-corrected chi connectivity index (χ2v) is 5.70. The van der Waals surface area contributed by atoms with Crippen molar-refractivity contribution in [2.45, 2.75) is 0 Å². The largest absolute Gasteiger partial charge is 0.477 e. The van der Waals surface area contributed by atoms with Gasteiger partial charge in [-0.3, -0.25) is 0 Å². The zero-order chi connectivity index (χ0) is 14.9. The van der Waals surface area contributed by atoms with Gasteiger partial charge in [-0.15, -0.1) is 11.3 Å². The maximum atomic E-state index is 11.4. The normalized spacial score (nSPS) is 11.2. The van der Waals surface area contributed by atoms with Crippen molar-refractivity contribution < 1.29 is 9.90 Å². The first-order valence-electron chi connectivity index (χ1n) is 5.94. The fourth-order valence-corrected chi connectivity index (χ4v) is 2.75. The van der Waals surface area contributed by atoms with E-state index in [1.165, 1.54) is 0 Å². The van der Waals surface area contributed by atoms with E-state index in [0.29, 0.717) is 10.5 Å². The zero-order valence-electron chi connectivity index (χ0n) is 11.8. The number of pyridine rings is 1. The fraction of sp³-hybridized carbons (Fsp3) is 0.308. The molecule has 2 rings (SSSR count). The number of hydrogen-bond donors (Lipinski definition) is 1. The highest BCUT2D eigenvalue weighted by molar-refractivity contribution is 7.21. The first-order chi connectivity index (χ1) is 9.41. The van der Waals surface area contributed by atoms with E-state index < -0.39 is 5.97 Å². The van der Waals surface area contributed by atoms with Crippen LogP contribution in [0.1, 0.15) is 9.67 Å². The van der Waals surface area contributed by atoms with Crippen molar-refractivity contribution in [2.75, 3.05) is 33.1 Å². The third-order valence-electron chi connectivity index (χ3n) is 2.64. The van der Waals surface area contributed by atoms with Crippen LogP contribution in [0.15, 0.2) is 17.3 Å². The average Bonchev–Trinajstić information content (AvgIpc) is 2.74. The van der Waals surface area contributed by atoms with Crippen LogP contribution in [-0.4, -0.2) is 55.5 Å². The molecule has 1 N–H and O–H groups in total. The van der Waals surface area contributed by atoms with E-state index >= 15 is 0 Å². The highest BCUT2D eigenvalue weighted by Gasteiger charge is 2.21. The minimum Gasteiger partial charge on any atom is -0.477 e. The molecular weight excluding hydrogens is 276 g/mol. The van der Waals surface area contributed by atoms with Crippen LogP contribution >= 0.6 is 11.3 Å². The first-order valence-corrected chi connectivity index (χ1v) is 6.76. The van der Waals surface area contributed by atoms with Crippen LogP contribution in [0.3, 0.4) is 0 Å². The molecular formula is C13H16N4O2S. The minimum atomic E-state index is -0.983. The van der Waals surface area contributed by atoms with Gasteiger partial charge in [-0.1, -0.05) is 0 Å². The molecule has 0 saturated heterocycles. The predicted octanol–water partition coefficient (Wildman–Crippen LogP) is 2.28. The molecule has 2 heterocycles. The molecule has 0 aliphatic rings. The van der Waals surface area contributed by atoms with E-state index in [4.69, 9.17) is 0 Å². The van der Waals surface area contributed by atoms with Gasteiger partial charge in [0.05, 0.1) is 17.4 Å². The van der Waals surface area contributed by atoms with Crippen LogP contribution in [0.4, 0.5) is 11.4 Å². The molecule has 6 nitrogen and oxygen atoms in total. The van der Waals surface area contributed by atoms with Gasteiger partial charge in [0.2, 0.25) is 0 Å². The second kappa shape index (κ2) is 5.46. The van der Waals surface area contributed by atoms with Crippen LogP contribution in [0, 0.1) is 0 Å². The Kier molecular flexibility index (Phi) is 3.89. The summed E-state index contributed by atoms with van der Waals surface area (Å²) in [6, 6.07) is 1.86. The number of hydrogen-bond acceptors (Lipinski definition) is 5. The van der Waals surface area contributed by atoms with Gasteiger partial charge in [0.15, 0.2) is 0 Å². The van der Waals surface area contributed by atoms with Gasteiger partial charge >= 0.3 is 5.97 Å². The van der Waals surface area contributed by atoms with Crippen LogP contribution < -0.4 is 4.90 Å². The van der Waals surface area contributed by atoms with Crippen molar-refractivity contribution in [3.8, 4) is 0 Å². The highest BCUT2D eigenvalue weighted by atomic mass is 32.1. The number of carboxylic acids is 1. The lowest BCUT2D eigenvalue weighted by molar-refractivity contribution is 0.0703. The molecule has 0 saturated carbocycles. The van der Waals surface area contributed by atoms with Gasteiger partial charge in [0.25, 0.3) is 0 Å². The molecule has 0 radical (unpaired) electrons. The first kappa shape index (κ1) is 14.3. The van der Waals surface area contributed by atoms with Crippen molar-refractivity contribution >= 4 is 45.2 Å². The zero-order valence-corrected chi connectivity index (χ0v) is 12.6. The molecule has 0 aromatic carbocycles. The monoisotopic (exact) mass is 292 g/mol. The molecule has 7 heteroatoms. The van der Waals surface area contributed by atoms with Crippen LogP contribution in [0.25, 0.3) is 10.2 Å². The average molecular weight is 292 g/mol. The lowest BCUT2D eigenvalue weighted by atomic mass is 10.2. The summed E-state index contributed by atoms with van der Waals surface area (Å²) in [6.07, 6.45) is 3.28. The molecule has 0 atom stereocenters. The number of nitrogens with zero attached hydrogens (tertiary/aromatic N) is 4. The number of aromatic carboxylic acids is 1. The fourth-order valence-electron chi connectivity index (χ4n) is 1.81. The quantitative estimate of drug-likeness (QED) is 0.691. The molecule has 20 heavy (non-hydrogen) atoms. The lowest BCUT2D eigenvalue weighted by Gasteiger charge is -2.13. The lowest BCUT2D eigenvalue weighted by Crippen LogP contribution is -2.09. The van der Waals surface area contributed by atoms with Gasteiger partial charge in [-0.25, -0.2) is 14.8 Å². The Labute approximate surface area is 121 Å². The van der Waals surface area contributed by atoms with Gasteiger partial charge in [0.1, 0.15) is 15.4 Å². The van der Waals surface area contributed by atoms with Crippen LogP contribution in [-0.2, 0) is 0 Å². The number of aromatic nitrogens is 1. The molecule has 2 aromatic heterocycles. The van der Waals surface area contributed by atoms with Crippen LogP contribution in [0.2, 0.25) is 0 Å². The number of anilines is 1. The molecule has 0 fully saturated rings. The summed E-state index contributed by atoms with van der Waals surface area (Å²) < 4.78 is 0. The van der Waals surface area contributed by atoms with Crippen molar-refractivity contribution in [1.82, 2.24) is 9.88 Å². The highest BCUT2D eigenvalue weighted by Crippen LogP contribution is 2.41. The van der Waals surface area contributed by atoms with E-state index in [1.807, 2.05) is 39.2 Å². The Bertz CT molecular complexity index is 676. The second-order valence-electron chi connectivity index (χ2n) is 4.70. The Balaban J connectivity index is 2.78. The molecule has 106 valence electrons. The van der Waals surface area contributed by atoms with Crippen molar-refractivity contribution in [1.29, 1.82) is 0 Å². The molecule has 0 bridgehead atoms. The number of carbonyl (C=O) groups is 1. The molecule has 0 amide bonds. The standard InChI is InChI=1S/C13H16N4O2S/c1-16(2)7-15-10-9-8(17(3)4)5-6-14-12(9)20-11(10)13(18)19/h5-7H,1-4H3,(H,18,19). The number of carboxylic acid groups (broad SMARTS) is 1. The molecule has 2 aromatic rings. The van der Waals surface area contributed by atoms with E-state index in [2.05, 4.69) is 9.98 Å². The van der Waals surface area contributed by atoms with Gasteiger partial charge in [-0.2, -0.15) is 0 Å². The number of rotatable bonds is 4. The molecule has 0 aliphatic carbocycles. The Morgan fingerprint density at radius 3 is 2.65 bits per heavy atom. The number of aliphatic imine (C=N–C) groups is 1. The van der Waals surface area contributed by atoms with Crippen molar-refractivity contribution in [2.24, 2.45) is 4.99 Å². The van der Waals surface area contributed by atoms with E-state index in [9.17, 15) is 9.90 Å². The van der Waals surface area contributed by atoms with Gasteiger partial charge in [0, 0.05) is 34.4 Å². The summed E-state index contributed by atoms with van der Waals surface area (Å²) in [5, 5.41) is 10.1. The Morgan fingerprint density at radius 1 is 1.40 bits per heavy atom. The Morgan fingerprint density at radius 2 is 2.10 bits per heavy atom. The maximum absolute atomic E-state index is 11.4. The third-order valence-corrected chi connectivity index (χ3v) is 3.71. The maximum Gasteiger partial charge on any atom is 0.348 e. The summed E-state index contributed by atoms with van der Waals surface area (Å²) >= 11 is 1.15. The van der Waals surface area contributed by atoms with E-state index in [0.717, 1.165) is 22.4 Å². The summed E-state index contributed by atoms with van der Waals surface area (Å²) in [5.41, 5.74) is 1.37. The summed E-state index contributed by atoms with van der Waals surface area (Å²) in [5.74, 6) is -0.983. The van der Waals surface area contributed by atoms with Gasteiger partial charge < -0.3 is 14.9 Å². The van der Waals surface area contributed by atoms with Crippen LogP contribution in [0.5, 0.6) is 0 Å². The predicted molar refractivity (Wildman–Crippen MR) is 82.7 cm³/mol. The third kappa shape index (κ3) is 2.57. The smallest absolute Gasteiger partial charge is 0.348 e. The Hall–Kier alpha value is -2.15. The van der Waals surface area contributed by atoms with Gasteiger partial charge in [-0.05, 0) is 6.07 Å². The van der Waals surface area contributed by atoms with Crippen molar-refractivity contribution in [3.63, 3.8) is 0 Å².